The van der Waals surface area contributed by atoms with E-state index in [1.807, 2.05) is 58.0 Å². The normalized spacial score (nSPS) is 18.4. The number of nitrogens with one attached hydrogen (secondary N) is 3. The summed E-state index contributed by atoms with van der Waals surface area (Å²) in [7, 11) is 0. The third kappa shape index (κ3) is 8.86. The fourth-order valence-electron chi connectivity index (χ4n) is 3.88. The molecule has 1 saturated heterocycles. The van der Waals surface area contributed by atoms with Crippen LogP contribution in [0.5, 0.6) is 0 Å². The van der Waals surface area contributed by atoms with Gasteiger partial charge in [0, 0.05) is 18.9 Å². The number of hydrogen-bond donors (Lipinski definition) is 3. The molecule has 0 spiro atoms. The minimum atomic E-state index is -0.845. The molecule has 8 heteroatoms. The van der Waals surface area contributed by atoms with Crippen molar-refractivity contribution >= 4 is 24.2 Å². The van der Waals surface area contributed by atoms with Crippen LogP contribution in [-0.4, -0.2) is 48.9 Å². The molecule has 33 heavy (non-hydrogen) atoms. The molecule has 0 radical (unpaired) electrons. The maximum Gasteiger partial charge on any atom is 0.408 e. The van der Waals surface area contributed by atoms with E-state index in [4.69, 9.17) is 4.74 Å². The van der Waals surface area contributed by atoms with Gasteiger partial charge in [0.05, 0.1) is 6.04 Å². The molecule has 1 aliphatic heterocycles. The van der Waals surface area contributed by atoms with Crippen LogP contribution < -0.4 is 16.0 Å². The van der Waals surface area contributed by atoms with E-state index in [2.05, 4.69) is 16.0 Å². The molecule has 0 aromatic heterocycles. The van der Waals surface area contributed by atoms with Gasteiger partial charge in [0.15, 0.2) is 0 Å². The lowest BCUT2D eigenvalue weighted by Crippen LogP contribution is -2.51. The van der Waals surface area contributed by atoms with Gasteiger partial charge in [-0.15, -0.1) is 0 Å². The Hall–Kier alpha value is -2.90. The Labute approximate surface area is 196 Å². The predicted molar refractivity (Wildman–Crippen MR) is 125 cm³/mol. The van der Waals surface area contributed by atoms with Crippen molar-refractivity contribution in [3.63, 3.8) is 0 Å². The van der Waals surface area contributed by atoms with Crippen molar-refractivity contribution in [2.75, 3.05) is 6.54 Å². The predicted octanol–water partition coefficient (Wildman–Crippen LogP) is 2.60. The molecule has 0 aliphatic carbocycles. The Morgan fingerprint density at radius 1 is 1.15 bits per heavy atom. The van der Waals surface area contributed by atoms with Crippen LogP contribution in [0.4, 0.5) is 4.79 Å². The highest BCUT2D eigenvalue weighted by atomic mass is 16.6. The third-order valence-electron chi connectivity index (χ3n) is 5.79. The van der Waals surface area contributed by atoms with Crippen molar-refractivity contribution in [1.82, 2.24) is 16.0 Å². The van der Waals surface area contributed by atoms with Crippen molar-refractivity contribution in [1.29, 1.82) is 0 Å². The Morgan fingerprint density at radius 3 is 2.39 bits per heavy atom. The molecular formula is C25H37N3O5. The fraction of sp³-hybridized carbons (Fsp3) is 0.600. The van der Waals surface area contributed by atoms with Crippen LogP contribution in [0.25, 0.3) is 0 Å². The number of amides is 3. The number of aldehydes is 1. The highest BCUT2D eigenvalue weighted by Gasteiger charge is 2.30. The topological polar surface area (TPSA) is 114 Å². The van der Waals surface area contributed by atoms with E-state index in [0.29, 0.717) is 32.1 Å². The van der Waals surface area contributed by atoms with Crippen LogP contribution in [-0.2, 0) is 25.5 Å². The summed E-state index contributed by atoms with van der Waals surface area (Å²) in [5.41, 5.74) is 1.06. The molecule has 0 bridgehead atoms. The number of rotatable bonds is 12. The van der Waals surface area contributed by atoms with E-state index in [1.165, 1.54) is 0 Å². The van der Waals surface area contributed by atoms with Gasteiger partial charge < -0.3 is 25.5 Å². The summed E-state index contributed by atoms with van der Waals surface area (Å²) in [6, 6.07) is 8.14. The van der Waals surface area contributed by atoms with Crippen molar-refractivity contribution in [3.05, 3.63) is 35.9 Å². The summed E-state index contributed by atoms with van der Waals surface area (Å²) in [4.78, 5) is 48.9. The standard InChI is InChI=1S/C25H37N3O5/c1-16(2)12-21(24(31)27-20(15-29)14-19-10-11-26-23(19)30)28-25(32)33-22(17(3)4)13-18-8-6-5-7-9-18/h5-9,15-17,19-22H,10-14H2,1-4H3,(H,26,30)(H,27,31)(H,28,32)/t19-,20?,21?,22?/m0/s1. The Balaban J connectivity index is 1.98. The molecule has 1 aromatic carbocycles. The SMILES string of the molecule is CC(C)CC(NC(=O)OC(Cc1ccccc1)C(C)C)C(=O)NC(C=O)C[C@@H]1CCNC1=O. The number of carbonyl (C=O) groups is 4. The van der Waals surface area contributed by atoms with E-state index in [0.717, 1.165) is 5.56 Å². The van der Waals surface area contributed by atoms with E-state index in [-0.39, 0.29) is 36.2 Å². The van der Waals surface area contributed by atoms with Gasteiger partial charge in [-0.05, 0) is 36.7 Å². The molecule has 4 atom stereocenters. The molecule has 1 aliphatic rings. The first-order valence-corrected chi connectivity index (χ1v) is 11.7. The maximum atomic E-state index is 12.9. The quantitative estimate of drug-likeness (QED) is 0.416. The molecule has 3 amide bonds. The lowest BCUT2D eigenvalue weighted by molar-refractivity contribution is -0.127. The molecule has 1 fully saturated rings. The van der Waals surface area contributed by atoms with Gasteiger partial charge in [0.2, 0.25) is 11.8 Å². The van der Waals surface area contributed by atoms with Gasteiger partial charge in [0.25, 0.3) is 0 Å². The van der Waals surface area contributed by atoms with Crippen LogP contribution in [0, 0.1) is 17.8 Å². The average Bonchev–Trinajstić information content (AvgIpc) is 3.16. The van der Waals surface area contributed by atoms with Crippen LogP contribution >= 0.6 is 0 Å². The molecule has 0 saturated carbocycles. The molecule has 2 rings (SSSR count). The summed E-state index contributed by atoms with van der Waals surface area (Å²) in [5, 5.41) is 8.10. The van der Waals surface area contributed by atoms with Crippen LogP contribution in [0.1, 0.15) is 52.5 Å². The minimum absolute atomic E-state index is 0.0883. The first kappa shape index (κ1) is 26.4. The van der Waals surface area contributed by atoms with Gasteiger partial charge in [-0.3, -0.25) is 9.59 Å². The van der Waals surface area contributed by atoms with Crippen LogP contribution in [0.2, 0.25) is 0 Å². The molecule has 1 aromatic rings. The molecule has 1 heterocycles. The van der Waals surface area contributed by atoms with Crippen LogP contribution in [0.3, 0.4) is 0 Å². The highest BCUT2D eigenvalue weighted by Crippen LogP contribution is 2.17. The summed E-state index contributed by atoms with van der Waals surface area (Å²) in [5.74, 6) is -0.645. The Bertz CT molecular complexity index is 796. The number of ether oxygens (including phenoxy) is 1. The zero-order chi connectivity index (χ0) is 24.4. The maximum absolute atomic E-state index is 12.9. The Morgan fingerprint density at radius 2 is 1.85 bits per heavy atom. The molecule has 8 nitrogen and oxygen atoms in total. The molecule has 182 valence electrons. The second-order valence-corrected chi connectivity index (χ2v) is 9.47. The van der Waals surface area contributed by atoms with Crippen LogP contribution in [0.15, 0.2) is 30.3 Å². The Kier molecular flexibility index (Phi) is 10.4. The van der Waals surface area contributed by atoms with Crippen molar-refractivity contribution < 1.29 is 23.9 Å². The second kappa shape index (κ2) is 13.0. The van der Waals surface area contributed by atoms with E-state index in [9.17, 15) is 19.2 Å². The summed E-state index contributed by atoms with van der Waals surface area (Å²) < 4.78 is 5.68. The van der Waals surface area contributed by atoms with E-state index < -0.39 is 24.1 Å². The van der Waals surface area contributed by atoms with Gasteiger partial charge in [0.1, 0.15) is 18.4 Å². The monoisotopic (exact) mass is 459 g/mol. The van der Waals surface area contributed by atoms with E-state index >= 15 is 0 Å². The fourth-order valence-corrected chi connectivity index (χ4v) is 3.88. The first-order chi connectivity index (χ1) is 15.7. The number of benzene rings is 1. The van der Waals surface area contributed by atoms with Gasteiger partial charge in [-0.2, -0.15) is 0 Å². The number of carbonyl (C=O) groups excluding carboxylic acids is 4. The van der Waals surface area contributed by atoms with Gasteiger partial charge in [-0.25, -0.2) is 4.79 Å². The van der Waals surface area contributed by atoms with Crippen molar-refractivity contribution in [2.24, 2.45) is 17.8 Å². The zero-order valence-corrected chi connectivity index (χ0v) is 20.0. The van der Waals surface area contributed by atoms with Gasteiger partial charge in [-0.1, -0.05) is 58.0 Å². The zero-order valence-electron chi connectivity index (χ0n) is 20.0. The molecule has 3 unspecified atom stereocenters. The first-order valence-electron chi connectivity index (χ1n) is 11.7. The highest BCUT2D eigenvalue weighted by molar-refractivity contribution is 5.88. The number of alkyl carbamates (subject to hydrolysis) is 1. The third-order valence-corrected chi connectivity index (χ3v) is 5.79. The summed E-state index contributed by atoms with van der Waals surface area (Å²) >= 11 is 0. The lowest BCUT2D eigenvalue weighted by atomic mass is 9.98. The molecule has 3 N–H and O–H groups in total. The lowest BCUT2D eigenvalue weighted by Gasteiger charge is -2.26. The molecular weight excluding hydrogens is 422 g/mol. The van der Waals surface area contributed by atoms with Crippen molar-refractivity contribution in [2.45, 2.75) is 71.6 Å². The van der Waals surface area contributed by atoms with E-state index in [1.54, 1.807) is 0 Å². The number of hydrogen-bond acceptors (Lipinski definition) is 5. The summed E-state index contributed by atoms with van der Waals surface area (Å²) in [6.07, 6.45) is 1.47. The second-order valence-electron chi connectivity index (χ2n) is 9.47. The smallest absolute Gasteiger partial charge is 0.408 e. The summed E-state index contributed by atoms with van der Waals surface area (Å²) in [6.45, 7) is 8.42. The largest absolute Gasteiger partial charge is 0.446 e. The minimum Gasteiger partial charge on any atom is -0.446 e. The van der Waals surface area contributed by atoms with Crippen molar-refractivity contribution in [3.8, 4) is 0 Å². The average molecular weight is 460 g/mol. The van der Waals surface area contributed by atoms with Gasteiger partial charge >= 0.3 is 6.09 Å².